The SMILES string of the molecule is CCc1c(C)c2cc3[nH]c(cc4nc(cc5nc(cc1[nH]2)C(C)C5CC)C(C)=C4CCC(=O)OC)c(CCC(=O)OC)c3C. The minimum atomic E-state index is -0.256. The zero-order valence-corrected chi connectivity index (χ0v) is 27.2. The lowest BCUT2D eigenvalue weighted by Gasteiger charge is -2.13. The summed E-state index contributed by atoms with van der Waals surface area (Å²) in [6.45, 7) is 13.0. The number of aromatic nitrogens is 4. The average Bonchev–Trinajstić information content (AvgIpc) is 3.67. The van der Waals surface area contributed by atoms with Gasteiger partial charge < -0.3 is 19.4 Å². The van der Waals surface area contributed by atoms with Crippen LogP contribution in [0.25, 0.3) is 33.2 Å². The Morgan fingerprint density at radius 3 is 1.98 bits per heavy atom. The molecular formula is C36H44N4O4. The van der Waals surface area contributed by atoms with Gasteiger partial charge in [0, 0.05) is 58.1 Å². The molecule has 2 aliphatic rings. The van der Waals surface area contributed by atoms with Crippen LogP contribution in [0.5, 0.6) is 0 Å². The predicted octanol–water partition coefficient (Wildman–Crippen LogP) is 7.78. The molecule has 44 heavy (non-hydrogen) atoms. The molecule has 2 N–H and O–H groups in total. The van der Waals surface area contributed by atoms with Crippen molar-refractivity contribution in [1.82, 2.24) is 19.9 Å². The summed E-state index contributed by atoms with van der Waals surface area (Å²) in [4.78, 5) is 42.0. The van der Waals surface area contributed by atoms with E-state index in [0.717, 1.165) is 80.0 Å². The number of methoxy groups -OCH3 is 2. The number of nitrogens with one attached hydrogen (secondary N) is 2. The van der Waals surface area contributed by atoms with Gasteiger partial charge in [-0.3, -0.25) is 14.6 Å². The molecule has 2 unspecified atom stereocenters. The smallest absolute Gasteiger partial charge is 0.305 e. The Morgan fingerprint density at radius 2 is 1.36 bits per heavy atom. The molecule has 0 aromatic carbocycles. The molecule has 3 aromatic rings. The molecule has 0 amide bonds. The van der Waals surface area contributed by atoms with E-state index in [2.05, 4.69) is 75.8 Å². The highest BCUT2D eigenvalue weighted by molar-refractivity contribution is 5.93. The summed E-state index contributed by atoms with van der Waals surface area (Å²) in [5.74, 6) is 0.0465. The number of ether oxygens (including phenoxy) is 2. The van der Waals surface area contributed by atoms with Crippen LogP contribution in [-0.4, -0.2) is 46.1 Å². The molecule has 0 aliphatic carbocycles. The highest BCUT2D eigenvalue weighted by atomic mass is 16.5. The molecule has 0 spiro atoms. The normalized spacial score (nSPS) is 16.4. The molecule has 8 bridgehead atoms. The van der Waals surface area contributed by atoms with Gasteiger partial charge in [0.25, 0.3) is 0 Å². The number of aromatic amines is 2. The van der Waals surface area contributed by atoms with Crippen molar-refractivity contribution in [2.24, 2.45) is 0 Å². The second-order valence-electron chi connectivity index (χ2n) is 11.9. The topological polar surface area (TPSA) is 110 Å². The molecule has 2 atom stereocenters. The van der Waals surface area contributed by atoms with Gasteiger partial charge in [-0.15, -0.1) is 0 Å². The number of rotatable bonds is 8. The van der Waals surface area contributed by atoms with Gasteiger partial charge >= 0.3 is 11.9 Å². The number of H-pyrrole nitrogens is 2. The summed E-state index contributed by atoms with van der Waals surface area (Å²) in [5.41, 5.74) is 14.5. The molecule has 5 rings (SSSR count). The van der Waals surface area contributed by atoms with Crippen LogP contribution in [0.4, 0.5) is 0 Å². The zero-order valence-electron chi connectivity index (χ0n) is 27.2. The van der Waals surface area contributed by atoms with Crippen molar-refractivity contribution in [3.05, 3.63) is 69.3 Å². The zero-order chi connectivity index (χ0) is 31.7. The quantitative estimate of drug-likeness (QED) is 0.257. The van der Waals surface area contributed by atoms with Gasteiger partial charge in [0.15, 0.2) is 0 Å². The number of fused-ring (bicyclic) bond motifs is 8. The molecule has 0 saturated heterocycles. The molecule has 0 radical (unpaired) electrons. The summed E-state index contributed by atoms with van der Waals surface area (Å²) < 4.78 is 9.93. The van der Waals surface area contributed by atoms with E-state index in [9.17, 15) is 9.59 Å². The van der Waals surface area contributed by atoms with E-state index in [1.54, 1.807) is 0 Å². The number of esters is 2. The number of hydrogen-bond acceptors (Lipinski definition) is 6. The maximum absolute atomic E-state index is 12.2. The molecule has 2 aliphatic heterocycles. The van der Waals surface area contributed by atoms with Crippen molar-refractivity contribution in [1.29, 1.82) is 0 Å². The molecule has 0 fully saturated rings. The summed E-state index contributed by atoms with van der Waals surface area (Å²) in [6.07, 6.45) is 3.45. The second-order valence-corrected chi connectivity index (χ2v) is 11.9. The molecule has 3 aromatic heterocycles. The Morgan fingerprint density at radius 1 is 0.750 bits per heavy atom. The van der Waals surface area contributed by atoms with Crippen molar-refractivity contribution >= 4 is 45.2 Å². The Bertz CT molecular complexity index is 1810. The largest absolute Gasteiger partial charge is 0.469 e. The van der Waals surface area contributed by atoms with Crippen molar-refractivity contribution in [2.75, 3.05) is 14.2 Å². The van der Waals surface area contributed by atoms with Crippen LogP contribution >= 0.6 is 0 Å². The maximum Gasteiger partial charge on any atom is 0.305 e. The van der Waals surface area contributed by atoms with Crippen molar-refractivity contribution in [3.63, 3.8) is 0 Å². The third-order valence-corrected chi connectivity index (χ3v) is 9.55. The monoisotopic (exact) mass is 596 g/mol. The van der Waals surface area contributed by atoms with Crippen molar-refractivity contribution in [3.8, 4) is 0 Å². The Hall–Kier alpha value is -4.20. The van der Waals surface area contributed by atoms with Crippen LogP contribution in [0.15, 0.2) is 24.3 Å². The minimum absolute atomic E-state index is 0.251. The van der Waals surface area contributed by atoms with Crippen LogP contribution in [0, 0.1) is 13.8 Å². The molecule has 232 valence electrons. The summed E-state index contributed by atoms with van der Waals surface area (Å²) in [6, 6.07) is 8.59. The van der Waals surface area contributed by atoms with E-state index in [1.807, 2.05) is 0 Å². The first-order valence-corrected chi connectivity index (χ1v) is 15.7. The van der Waals surface area contributed by atoms with Crippen molar-refractivity contribution < 1.29 is 19.1 Å². The van der Waals surface area contributed by atoms with Gasteiger partial charge in [0.05, 0.1) is 25.6 Å². The first-order chi connectivity index (χ1) is 21.1. The number of carbonyl (C=O) groups excluding carboxylic acids is 2. The fourth-order valence-electron chi connectivity index (χ4n) is 6.76. The fraction of sp³-hybridized carbons (Fsp3) is 0.444. The third kappa shape index (κ3) is 5.82. The molecule has 8 heteroatoms. The highest BCUT2D eigenvalue weighted by Gasteiger charge is 2.28. The van der Waals surface area contributed by atoms with E-state index in [-0.39, 0.29) is 36.6 Å². The van der Waals surface area contributed by atoms with Crippen LogP contribution < -0.4 is 0 Å². The number of allylic oxidation sites excluding steroid dienone is 2. The maximum atomic E-state index is 12.2. The lowest BCUT2D eigenvalue weighted by molar-refractivity contribution is -0.141. The van der Waals surface area contributed by atoms with Gasteiger partial charge in [-0.1, -0.05) is 20.8 Å². The van der Waals surface area contributed by atoms with Crippen LogP contribution in [0.1, 0.15) is 110 Å². The first kappa shape index (κ1) is 31.2. The lowest BCUT2D eigenvalue weighted by Crippen LogP contribution is -2.02. The third-order valence-electron chi connectivity index (χ3n) is 9.55. The number of hydrogen-bond donors (Lipinski definition) is 2. The van der Waals surface area contributed by atoms with Gasteiger partial charge in [0.2, 0.25) is 0 Å². The molecule has 5 heterocycles. The Kier molecular flexibility index (Phi) is 9.09. The highest BCUT2D eigenvalue weighted by Crippen LogP contribution is 2.41. The standard InChI is InChI=1S/C36H44N4O4/c1-9-23-19(3)27-15-28-21(5)25(11-13-35(41)43-7)33(39-28)18-34-26(12-14-36(42)44-8)22(6)30(40-34)17-32-24(10-2)20(4)29(38-32)16-31(23)37-27/h15-18,20,24,37,39H,9-14H2,1-8H3. The summed E-state index contributed by atoms with van der Waals surface area (Å²) >= 11 is 0. The van der Waals surface area contributed by atoms with Crippen LogP contribution in [0.3, 0.4) is 0 Å². The summed E-state index contributed by atoms with van der Waals surface area (Å²) in [5, 5.41) is 0. The fourth-order valence-corrected chi connectivity index (χ4v) is 6.76. The minimum Gasteiger partial charge on any atom is -0.469 e. The Labute approximate surface area is 259 Å². The van der Waals surface area contributed by atoms with Crippen LogP contribution in [0.2, 0.25) is 0 Å². The van der Waals surface area contributed by atoms with Crippen molar-refractivity contribution in [2.45, 2.75) is 91.9 Å². The van der Waals surface area contributed by atoms with E-state index >= 15 is 0 Å². The predicted molar refractivity (Wildman–Crippen MR) is 175 cm³/mol. The average molecular weight is 597 g/mol. The van der Waals surface area contributed by atoms with Gasteiger partial charge in [-0.2, -0.15) is 0 Å². The van der Waals surface area contributed by atoms with E-state index in [4.69, 9.17) is 19.4 Å². The van der Waals surface area contributed by atoms with Gasteiger partial charge in [-0.05, 0) is 104 Å². The van der Waals surface area contributed by atoms with Gasteiger partial charge in [-0.25, -0.2) is 4.98 Å². The molecule has 0 saturated carbocycles. The van der Waals surface area contributed by atoms with Crippen LogP contribution in [-0.2, 0) is 31.9 Å². The summed E-state index contributed by atoms with van der Waals surface area (Å²) in [7, 11) is 2.83. The van der Waals surface area contributed by atoms with E-state index in [0.29, 0.717) is 12.8 Å². The lowest BCUT2D eigenvalue weighted by atomic mass is 9.89. The van der Waals surface area contributed by atoms with E-state index in [1.165, 1.54) is 25.3 Å². The second kappa shape index (κ2) is 12.8. The number of aryl methyl sites for hydroxylation is 4. The number of carbonyl (C=O) groups is 2. The van der Waals surface area contributed by atoms with Gasteiger partial charge in [0.1, 0.15) is 0 Å². The molecule has 8 nitrogen and oxygen atoms in total. The molecular weight excluding hydrogens is 552 g/mol. The number of nitrogens with zero attached hydrogens (tertiary/aromatic N) is 2. The first-order valence-electron chi connectivity index (χ1n) is 15.7. The Balaban J connectivity index is 1.88. The van der Waals surface area contributed by atoms with E-state index < -0.39 is 0 Å².